The van der Waals surface area contributed by atoms with E-state index in [1.54, 1.807) is 17.9 Å². The van der Waals surface area contributed by atoms with E-state index in [-0.39, 0.29) is 17.8 Å². The van der Waals surface area contributed by atoms with Crippen LogP contribution in [0.15, 0.2) is 30.5 Å². The predicted octanol–water partition coefficient (Wildman–Crippen LogP) is 3.52. The zero-order valence-corrected chi connectivity index (χ0v) is 19.9. The Morgan fingerprint density at radius 1 is 1.29 bits per heavy atom. The lowest BCUT2D eigenvalue weighted by atomic mass is 9.98. The predicted molar refractivity (Wildman–Crippen MR) is 125 cm³/mol. The van der Waals surface area contributed by atoms with Crippen molar-refractivity contribution >= 4 is 17.6 Å². The standard InChI is InChI=1S/C25H29FN4O4/c1-5-33-25(32)29-8-9-34-17(14-29)12-21-23(28-22-10-15(2)6-7-30(21)22)18-13-20(26)19(11-16(18)3)24(31)27-4/h6-7,10-11,13,17H,5,8-9,12,14H2,1-4H3,(H,27,31)/t17-/m0/s1. The van der Waals surface area contributed by atoms with Crippen LogP contribution in [0.1, 0.15) is 34.1 Å². The summed E-state index contributed by atoms with van der Waals surface area (Å²) in [5, 5.41) is 2.47. The Balaban J connectivity index is 1.75. The number of fused-ring (bicyclic) bond motifs is 1. The Hall–Kier alpha value is -3.46. The Morgan fingerprint density at radius 3 is 2.82 bits per heavy atom. The average molecular weight is 469 g/mol. The van der Waals surface area contributed by atoms with Crippen molar-refractivity contribution in [2.75, 3.05) is 33.4 Å². The first-order valence-electron chi connectivity index (χ1n) is 11.4. The van der Waals surface area contributed by atoms with Crippen LogP contribution >= 0.6 is 0 Å². The van der Waals surface area contributed by atoms with Crippen LogP contribution in [-0.2, 0) is 15.9 Å². The lowest BCUT2D eigenvalue weighted by molar-refractivity contribution is -0.0262. The highest BCUT2D eigenvalue weighted by atomic mass is 19.1. The average Bonchev–Trinajstić information content (AvgIpc) is 3.17. The number of aromatic nitrogens is 2. The monoisotopic (exact) mass is 468 g/mol. The molecule has 8 nitrogen and oxygen atoms in total. The van der Waals surface area contributed by atoms with Gasteiger partial charge in [0.05, 0.1) is 42.8 Å². The molecule has 0 radical (unpaired) electrons. The van der Waals surface area contributed by atoms with Gasteiger partial charge in [0.2, 0.25) is 0 Å². The van der Waals surface area contributed by atoms with Gasteiger partial charge in [-0.05, 0) is 56.2 Å². The van der Waals surface area contributed by atoms with Crippen LogP contribution in [0.3, 0.4) is 0 Å². The molecule has 9 heteroatoms. The number of pyridine rings is 1. The number of hydrogen-bond acceptors (Lipinski definition) is 5. The minimum Gasteiger partial charge on any atom is -0.450 e. The zero-order valence-electron chi connectivity index (χ0n) is 19.9. The summed E-state index contributed by atoms with van der Waals surface area (Å²) >= 11 is 0. The molecule has 2 aromatic heterocycles. The molecule has 1 fully saturated rings. The molecule has 1 aliphatic rings. The summed E-state index contributed by atoms with van der Waals surface area (Å²) in [7, 11) is 1.47. The van der Waals surface area contributed by atoms with E-state index in [0.29, 0.717) is 44.0 Å². The highest BCUT2D eigenvalue weighted by Crippen LogP contribution is 2.31. The zero-order chi connectivity index (χ0) is 24.4. The van der Waals surface area contributed by atoms with Crippen LogP contribution in [0.2, 0.25) is 0 Å². The molecule has 0 unspecified atom stereocenters. The van der Waals surface area contributed by atoms with Crippen molar-refractivity contribution < 1.29 is 23.5 Å². The van der Waals surface area contributed by atoms with E-state index in [1.165, 1.54) is 13.1 Å². The van der Waals surface area contributed by atoms with E-state index in [0.717, 1.165) is 22.5 Å². The van der Waals surface area contributed by atoms with Crippen LogP contribution < -0.4 is 5.32 Å². The number of rotatable bonds is 5. The van der Waals surface area contributed by atoms with Crippen LogP contribution in [0.4, 0.5) is 9.18 Å². The SMILES string of the molecule is CCOC(=O)N1CCO[C@@H](Cc2c(-c3cc(F)c(C(=O)NC)cc3C)nc3cc(C)ccn23)C1. The summed E-state index contributed by atoms with van der Waals surface area (Å²) in [5.74, 6) is -1.09. The Labute approximate surface area is 197 Å². The smallest absolute Gasteiger partial charge is 0.409 e. The molecule has 2 amide bonds. The molecule has 0 saturated carbocycles. The third kappa shape index (κ3) is 4.61. The Morgan fingerprint density at radius 2 is 2.09 bits per heavy atom. The molecule has 3 heterocycles. The summed E-state index contributed by atoms with van der Waals surface area (Å²) < 4.78 is 28.0. The van der Waals surface area contributed by atoms with E-state index < -0.39 is 11.7 Å². The van der Waals surface area contributed by atoms with Gasteiger partial charge in [0.15, 0.2) is 0 Å². The van der Waals surface area contributed by atoms with Gasteiger partial charge in [-0.1, -0.05) is 0 Å². The number of nitrogens with zero attached hydrogens (tertiary/aromatic N) is 3. The number of aryl methyl sites for hydroxylation is 2. The number of halogens is 1. The fraction of sp³-hybridized carbons (Fsp3) is 0.400. The molecule has 1 N–H and O–H groups in total. The molecule has 34 heavy (non-hydrogen) atoms. The first kappa shape index (κ1) is 23.7. The van der Waals surface area contributed by atoms with Crippen molar-refractivity contribution in [2.45, 2.75) is 33.3 Å². The topological polar surface area (TPSA) is 85.2 Å². The molecular weight excluding hydrogens is 439 g/mol. The van der Waals surface area contributed by atoms with Crippen molar-refractivity contribution in [1.82, 2.24) is 19.6 Å². The van der Waals surface area contributed by atoms with Gasteiger partial charge >= 0.3 is 6.09 Å². The molecule has 180 valence electrons. The van der Waals surface area contributed by atoms with Gasteiger partial charge in [0, 0.05) is 31.8 Å². The van der Waals surface area contributed by atoms with E-state index >= 15 is 0 Å². The van der Waals surface area contributed by atoms with Crippen molar-refractivity contribution in [1.29, 1.82) is 0 Å². The van der Waals surface area contributed by atoms with Crippen molar-refractivity contribution in [2.24, 2.45) is 0 Å². The van der Waals surface area contributed by atoms with E-state index in [2.05, 4.69) is 5.32 Å². The van der Waals surface area contributed by atoms with Crippen LogP contribution in [-0.4, -0.2) is 65.7 Å². The quantitative estimate of drug-likeness (QED) is 0.619. The number of amides is 2. The van der Waals surface area contributed by atoms with Crippen LogP contribution in [0.25, 0.3) is 16.9 Å². The maximum atomic E-state index is 14.9. The minimum atomic E-state index is -0.610. The Kier molecular flexibility index (Phi) is 6.83. The Bertz CT molecular complexity index is 1240. The van der Waals surface area contributed by atoms with Crippen molar-refractivity contribution in [3.8, 4) is 11.3 Å². The van der Waals surface area contributed by atoms with Gasteiger partial charge in [0.1, 0.15) is 11.5 Å². The summed E-state index contributed by atoms with van der Waals surface area (Å²) in [6.45, 7) is 7.18. The lowest BCUT2D eigenvalue weighted by Gasteiger charge is -2.32. The normalized spacial score (nSPS) is 16.0. The second-order valence-corrected chi connectivity index (χ2v) is 8.41. The molecule has 0 aliphatic carbocycles. The number of carbonyl (C=O) groups excluding carboxylic acids is 2. The molecule has 1 atom stereocenters. The van der Waals surface area contributed by atoms with Gasteiger partial charge in [-0.25, -0.2) is 14.2 Å². The summed E-state index contributed by atoms with van der Waals surface area (Å²) in [4.78, 5) is 30.8. The van der Waals surface area contributed by atoms with E-state index in [9.17, 15) is 14.0 Å². The van der Waals surface area contributed by atoms with Gasteiger partial charge in [-0.3, -0.25) is 4.79 Å². The molecule has 0 bridgehead atoms. The number of morpholine rings is 1. The fourth-order valence-corrected chi connectivity index (χ4v) is 4.29. The van der Waals surface area contributed by atoms with E-state index in [1.807, 2.05) is 36.6 Å². The maximum absolute atomic E-state index is 14.9. The number of imidazole rings is 1. The first-order chi connectivity index (χ1) is 16.3. The van der Waals surface area contributed by atoms with Gasteiger partial charge in [-0.2, -0.15) is 0 Å². The molecular formula is C25H29FN4O4. The maximum Gasteiger partial charge on any atom is 0.409 e. The van der Waals surface area contributed by atoms with Crippen LogP contribution in [0, 0.1) is 19.7 Å². The van der Waals surface area contributed by atoms with Crippen LogP contribution in [0.5, 0.6) is 0 Å². The first-order valence-corrected chi connectivity index (χ1v) is 11.4. The number of carbonyl (C=O) groups is 2. The number of nitrogens with one attached hydrogen (secondary N) is 1. The largest absolute Gasteiger partial charge is 0.450 e. The van der Waals surface area contributed by atoms with Gasteiger partial charge in [0.25, 0.3) is 5.91 Å². The molecule has 1 saturated heterocycles. The third-order valence-corrected chi connectivity index (χ3v) is 6.01. The second-order valence-electron chi connectivity index (χ2n) is 8.41. The summed E-state index contributed by atoms with van der Waals surface area (Å²) in [6, 6.07) is 6.85. The highest BCUT2D eigenvalue weighted by molar-refractivity contribution is 5.95. The van der Waals surface area contributed by atoms with Gasteiger partial charge in [-0.15, -0.1) is 0 Å². The lowest BCUT2D eigenvalue weighted by Crippen LogP contribution is -2.46. The summed E-state index contributed by atoms with van der Waals surface area (Å²) in [5.41, 5.74) is 4.60. The van der Waals surface area contributed by atoms with Gasteiger partial charge < -0.3 is 24.1 Å². The molecule has 3 aromatic rings. The number of hydrogen-bond donors (Lipinski definition) is 1. The fourth-order valence-electron chi connectivity index (χ4n) is 4.29. The van der Waals surface area contributed by atoms with Crippen molar-refractivity contribution in [3.05, 3.63) is 58.7 Å². The highest BCUT2D eigenvalue weighted by Gasteiger charge is 2.28. The minimum absolute atomic E-state index is 0.00870. The van der Waals surface area contributed by atoms with E-state index in [4.69, 9.17) is 14.5 Å². The molecule has 1 aliphatic heterocycles. The second kappa shape index (κ2) is 9.80. The molecule has 1 aromatic carbocycles. The van der Waals surface area contributed by atoms with Crippen molar-refractivity contribution in [3.63, 3.8) is 0 Å². The molecule has 0 spiro atoms. The molecule has 4 rings (SSSR count). The number of benzene rings is 1. The summed E-state index contributed by atoms with van der Waals surface area (Å²) in [6.07, 6.45) is 1.78. The number of ether oxygens (including phenoxy) is 2. The third-order valence-electron chi connectivity index (χ3n) is 6.01.